The zero-order chi connectivity index (χ0) is 18.7. The van der Waals surface area contributed by atoms with Crippen molar-refractivity contribution in [2.45, 2.75) is 45.7 Å². The fourth-order valence-corrected chi connectivity index (χ4v) is 3.94. The van der Waals surface area contributed by atoms with Crippen molar-refractivity contribution in [1.82, 2.24) is 15.1 Å². The average Bonchev–Trinajstić information content (AvgIpc) is 2.95. The number of fused-ring (bicyclic) bond motifs is 1. The summed E-state index contributed by atoms with van der Waals surface area (Å²) in [5.74, 6) is 0.506. The normalized spacial score (nSPS) is 23.2. The summed E-state index contributed by atoms with van der Waals surface area (Å²) in [6, 6.07) is 6.37. The molecule has 0 aromatic heterocycles. The standard InChI is InChI=1S/C20H28FN3O2/c1-14(2)10-22-20(26)23-12-16-6-4-8-19(25)24(18(16)13-23)11-15-5-3-7-17(21)9-15/h3,5,7,9,14,16,18H,4,6,8,10-13H2,1-2H3,(H,22,26)/t16-,18+/m1/s1. The van der Waals surface area contributed by atoms with Crippen molar-refractivity contribution in [3.05, 3.63) is 35.6 Å². The first-order valence-corrected chi connectivity index (χ1v) is 9.50. The van der Waals surface area contributed by atoms with E-state index < -0.39 is 0 Å². The van der Waals surface area contributed by atoms with Crippen molar-refractivity contribution >= 4 is 11.9 Å². The number of hydrogen-bond acceptors (Lipinski definition) is 2. The largest absolute Gasteiger partial charge is 0.338 e. The third-order valence-corrected chi connectivity index (χ3v) is 5.28. The van der Waals surface area contributed by atoms with Crippen LogP contribution in [0.25, 0.3) is 0 Å². The zero-order valence-corrected chi connectivity index (χ0v) is 15.6. The van der Waals surface area contributed by atoms with Gasteiger partial charge in [-0.1, -0.05) is 26.0 Å². The van der Waals surface area contributed by atoms with Gasteiger partial charge in [-0.15, -0.1) is 0 Å². The van der Waals surface area contributed by atoms with Crippen molar-refractivity contribution in [3.63, 3.8) is 0 Å². The summed E-state index contributed by atoms with van der Waals surface area (Å²) in [5, 5.41) is 2.97. The van der Waals surface area contributed by atoms with Gasteiger partial charge in [-0.2, -0.15) is 0 Å². The van der Waals surface area contributed by atoms with E-state index in [9.17, 15) is 14.0 Å². The van der Waals surface area contributed by atoms with Crippen LogP contribution in [0.4, 0.5) is 9.18 Å². The molecule has 2 aliphatic heterocycles. The zero-order valence-electron chi connectivity index (χ0n) is 15.6. The Bertz CT molecular complexity index is 664. The Hall–Kier alpha value is -2.11. The van der Waals surface area contributed by atoms with Gasteiger partial charge in [-0.05, 0) is 42.4 Å². The van der Waals surface area contributed by atoms with Crippen LogP contribution in [-0.4, -0.2) is 47.4 Å². The van der Waals surface area contributed by atoms with Crippen molar-refractivity contribution in [2.75, 3.05) is 19.6 Å². The molecule has 1 N–H and O–H groups in total. The van der Waals surface area contributed by atoms with Crippen LogP contribution in [0.2, 0.25) is 0 Å². The smallest absolute Gasteiger partial charge is 0.317 e. The first-order valence-electron chi connectivity index (χ1n) is 9.50. The molecule has 0 aliphatic carbocycles. The maximum atomic E-state index is 13.5. The van der Waals surface area contributed by atoms with E-state index in [4.69, 9.17) is 0 Å². The topological polar surface area (TPSA) is 52.7 Å². The minimum atomic E-state index is -0.289. The van der Waals surface area contributed by atoms with Gasteiger partial charge in [0.2, 0.25) is 5.91 Å². The quantitative estimate of drug-likeness (QED) is 0.896. The van der Waals surface area contributed by atoms with Crippen molar-refractivity contribution in [3.8, 4) is 0 Å². The van der Waals surface area contributed by atoms with Crippen LogP contribution in [-0.2, 0) is 11.3 Å². The maximum absolute atomic E-state index is 13.5. The molecule has 0 unspecified atom stereocenters. The Morgan fingerprint density at radius 3 is 2.88 bits per heavy atom. The van der Waals surface area contributed by atoms with Crippen LogP contribution in [0.15, 0.2) is 24.3 Å². The molecule has 2 fully saturated rings. The summed E-state index contributed by atoms with van der Waals surface area (Å²) in [4.78, 5) is 28.8. The van der Waals surface area contributed by atoms with Crippen LogP contribution in [0, 0.1) is 17.7 Å². The fourth-order valence-electron chi connectivity index (χ4n) is 3.94. The lowest BCUT2D eigenvalue weighted by Gasteiger charge is -2.30. The molecular formula is C20H28FN3O2. The summed E-state index contributed by atoms with van der Waals surface area (Å²) in [6.45, 7) is 6.41. The van der Waals surface area contributed by atoms with E-state index in [-0.39, 0.29) is 23.8 Å². The Balaban J connectivity index is 1.72. The lowest BCUT2D eigenvalue weighted by Crippen LogP contribution is -2.45. The molecule has 2 heterocycles. The molecule has 3 rings (SSSR count). The second-order valence-electron chi connectivity index (χ2n) is 7.86. The molecule has 2 atom stereocenters. The van der Waals surface area contributed by atoms with Gasteiger partial charge in [0, 0.05) is 32.6 Å². The first-order chi connectivity index (χ1) is 12.4. The number of nitrogens with zero attached hydrogens (tertiary/aromatic N) is 2. The lowest BCUT2D eigenvalue weighted by atomic mass is 9.98. The number of rotatable bonds is 4. The van der Waals surface area contributed by atoms with Gasteiger partial charge < -0.3 is 15.1 Å². The minimum absolute atomic E-state index is 0.0121. The van der Waals surface area contributed by atoms with E-state index in [0.29, 0.717) is 44.4 Å². The molecule has 6 heteroatoms. The summed E-state index contributed by atoms with van der Waals surface area (Å²) in [7, 11) is 0. The number of likely N-dealkylation sites (tertiary alicyclic amines) is 2. The molecule has 2 saturated heterocycles. The Labute approximate surface area is 154 Å². The molecule has 0 spiro atoms. The van der Waals surface area contributed by atoms with E-state index in [1.165, 1.54) is 12.1 Å². The Morgan fingerprint density at radius 1 is 1.35 bits per heavy atom. The molecule has 0 radical (unpaired) electrons. The number of hydrogen-bond donors (Lipinski definition) is 1. The fraction of sp³-hybridized carbons (Fsp3) is 0.600. The molecule has 3 amide bonds. The van der Waals surface area contributed by atoms with Gasteiger partial charge in [0.05, 0.1) is 6.04 Å². The molecule has 5 nitrogen and oxygen atoms in total. The average molecular weight is 361 g/mol. The van der Waals surface area contributed by atoms with Crippen molar-refractivity contribution < 1.29 is 14.0 Å². The number of urea groups is 1. The van der Waals surface area contributed by atoms with Gasteiger partial charge >= 0.3 is 6.03 Å². The van der Waals surface area contributed by atoms with Crippen LogP contribution in [0.1, 0.15) is 38.7 Å². The molecule has 2 aliphatic rings. The highest BCUT2D eigenvalue weighted by Gasteiger charge is 2.41. The predicted octanol–water partition coefficient (Wildman–Crippen LogP) is 3.00. The van der Waals surface area contributed by atoms with Gasteiger partial charge in [-0.25, -0.2) is 9.18 Å². The highest BCUT2D eigenvalue weighted by atomic mass is 19.1. The molecule has 142 valence electrons. The van der Waals surface area contributed by atoms with Gasteiger partial charge in [0.25, 0.3) is 0 Å². The summed E-state index contributed by atoms with van der Waals surface area (Å²) >= 11 is 0. The van der Waals surface area contributed by atoms with Gasteiger partial charge in [0.15, 0.2) is 0 Å². The number of benzene rings is 1. The van der Waals surface area contributed by atoms with E-state index >= 15 is 0 Å². The number of halogens is 1. The van der Waals surface area contributed by atoms with Crippen molar-refractivity contribution in [1.29, 1.82) is 0 Å². The lowest BCUT2D eigenvalue weighted by molar-refractivity contribution is -0.133. The molecule has 0 saturated carbocycles. The third kappa shape index (κ3) is 4.34. The number of carbonyl (C=O) groups excluding carboxylic acids is 2. The summed E-state index contributed by atoms with van der Waals surface area (Å²) in [6.07, 6.45) is 2.33. The van der Waals surface area contributed by atoms with Crippen LogP contribution in [0.5, 0.6) is 0 Å². The monoisotopic (exact) mass is 361 g/mol. The van der Waals surface area contributed by atoms with Gasteiger partial charge in [-0.3, -0.25) is 4.79 Å². The second-order valence-corrected chi connectivity index (χ2v) is 7.86. The molecule has 1 aromatic rings. The predicted molar refractivity (Wildman–Crippen MR) is 97.9 cm³/mol. The van der Waals surface area contributed by atoms with Crippen LogP contribution in [0.3, 0.4) is 0 Å². The SMILES string of the molecule is CC(C)CNC(=O)N1C[C@H]2CCCC(=O)N(Cc3cccc(F)c3)[C@H]2C1. The molecular weight excluding hydrogens is 333 g/mol. The number of carbonyl (C=O) groups is 2. The van der Waals surface area contributed by atoms with E-state index in [1.807, 2.05) is 15.9 Å². The first kappa shape index (κ1) is 18.7. The Kier molecular flexibility index (Phi) is 5.79. The summed E-state index contributed by atoms with van der Waals surface area (Å²) < 4.78 is 13.5. The summed E-state index contributed by atoms with van der Waals surface area (Å²) in [5.41, 5.74) is 0.793. The molecule has 1 aromatic carbocycles. The highest BCUT2D eigenvalue weighted by Crippen LogP contribution is 2.31. The minimum Gasteiger partial charge on any atom is -0.338 e. The molecule has 0 bridgehead atoms. The van der Waals surface area contributed by atoms with Crippen molar-refractivity contribution in [2.24, 2.45) is 11.8 Å². The maximum Gasteiger partial charge on any atom is 0.317 e. The third-order valence-electron chi connectivity index (χ3n) is 5.28. The van der Waals surface area contributed by atoms with E-state index in [2.05, 4.69) is 19.2 Å². The van der Waals surface area contributed by atoms with Crippen LogP contribution < -0.4 is 5.32 Å². The Morgan fingerprint density at radius 2 is 2.15 bits per heavy atom. The van der Waals surface area contributed by atoms with Crippen LogP contribution >= 0.6 is 0 Å². The highest BCUT2D eigenvalue weighted by molar-refractivity contribution is 5.78. The molecule has 26 heavy (non-hydrogen) atoms. The van der Waals surface area contributed by atoms with E-state index in [1.54, 1.807) is 6.07 Å². The van der Waals surface area contributed by atoms with E-state index in [0.717, 1.165) is 18.4 Å². The van der Waals surface area contributed by atoms with Gasteiger partial charge in [0.1, 0.15) is 5.82 Å². The number of amides is 3. The second kappa shape index (κ2) is 8.06. The number of nitrogens with one attached hydrogen (secondary N) is 1.